The summed E-state index contributed by atoms with van der Waals surface area (Å²) >= 11 is 0. The van der Waals surface area contributed by atoms with Crippen LogP contribution in [0.3, 0.4) is 0 Å². The summed E-state index contributed by atoms with van der Waals surface area (Å²) in [6.07, 6.45) is 3.50. The second-order valence-corrected chi connectivity index (χ2v) is 7.09. The average Bonchev–Trinajstić information content (AvgIpc) is 2.49. The van der Waals surface area contributed by atoms with Crippen molar-refractivity contribution in [2.24, 2.45) is 11.1 Å². The van der Waals surface area contributed by atoms with E-state index in [0.717, 1.165) is 19.3 Å². The van der Waals surface area contributed by atoms with E-state index in [1.54, 1.807) is 0 Å². The normalized spacial score (nSPS) is 20.2. The Labute approximate surface area is 126 Å². The van der Waals surface area contributed by atoms with Crippen molar-refractivity contribution in [2.75, 3.05) is 18.0 Å². The average molecular weight is 296 g/mol. The molecule has 1 atom stereocenters. The van der Waals surface area contributed by atoms with Gasteiger partial charge in [0.15, 0.2) is 0 Å². The molecule has 1 aliphatic rings. The lowest BCUT2D eigenvalue weighted by molar-refractivity contribution is 0.325. The summed E-state index contributed by atoms with van der Waals surface area (Å²) in [4.78, 5) is 1.86. The van der Waals surface area contributed by atoms with Crippen LogP contribution in [0.2, 0.25) is 0 Å². The number of anilines is 1. The Kier molecular flexibility index (Phi) is 4.87. The Morgan fingerprint density at radius 1 is 1.19 bits per heavy atom. The number of nitrogens with zero attached hydrogens (tertiary/aromatic N) is 1. The molecule has 4 heteroatoms. The van der Waals surface area contributed by atoms with E-state index in [-0.39, 0.29) is 17.1 Å². The maximum Gasteiger partial charge on any atom is 0.149 e. The van der Waals surface area contributed by atoms with Gasteiger partial charge in [-0.2, -0.15) is 0 Å². The molecule has 2 nitrogen and oxygen atoms in total. The summed E-state index contributed by atoms with van der Waals surface area (Å²) in [7, 11) is 0. The molecule has 21 heavy (non-hydrogen) atoms. The van der Waals surface area contributed by atoms with Gasteiger partial charge in [0.2, 0.25) is 0 Å². The third-order valence-electron chi connectivity index (χ3n) is 4.29. The summed E-state index contributed by atoms with van der Waals surface area (Å²) in [6, 6.07) is 2.75. The van der Waals surface area contributed by atoms with Crippen molar-refractivity contribution in [3.05, 3.63) is 29.3 Å². The van der Waals surface area contributed by atoms with Crippen LogP contribution in [0, 0.1) is 17.0 Å². The van der Waals surface area contributed by atoms with E-state index in [2.05, 4.69) is 13.8 Å². The second kappa shape index (κ2) is 6.30. The highest BCUT2D eigenvalue weighted by atomic mass is 19.1. The SMILES string of the molecule is CC(N)Cc1cc(F)c(N2CCCC(C)(C)CC2)c(F)c1. The van der Waals surface area contributed by atoms with Crippen LogP contribution in [0.15, 0.2) is 12.1 Å². The first-order chi connectivity index (χ1) is 9.78. The van der Waals surface area contributed by atoms with Crippen molar-refractivity contribution < 1.29 is 8.78 Å². The lowest BCUT2D eigenvalue weighted by Gasteiger charge is -2.26. The molecule has 0 saturated carbocycles. The number of halogens is 2. The van der Waals surface area contributed by atoms with Gasteiger partial charge in [-0.05, 0) is 55.7 Å². The van der Waals surface area contributed by atoms with Crippen molar-refractivity contribution in [3.8, 4) is 0 Å². The smallest absolute Gasteiger partial charge is 0.149 e. The van der Waals surface area contributed by atoms with Crippen LogP contribution >= 0.6 is 0 Å². The summed E-state index contributed by atoms with van der Waals surface area (Å²) in [5, 5.41) is 0. The molecule has 1 aromatic carbocycles. The van der Waals surface area contributed by atoms with E-state index in [1.165, 1.54) is 12.1 Å². The highest BCUT2D eigenvalue weighted by Crippen LogP contribution is 2.33. The van der Waals surface area contributed by atoms with E-state index < -0.39 is 11.6 Å². The Hall–Kier alpha value is -1.16. The van der Waals surface area contributed by atoms with Gasteiger partial charge in [-0.3, -0.25) is 0 Å². The Bertz CT molecular complexity index is 475. The molecule has 0 radical (unpaired) electrons. The van der Waals surface area contributed by atoms with Gasteiger partial charge in [-0.1, -0.05) is 13.8 Å². The molecular weight excluding hydrogens is 270 g/mol. The molecule has 1 saturated heterocycles. The monoisotopic (exact) mass is 296 g/mol. The van der Waals surface area contributed by atoms with E-state index >= 15 is 0 Å². The van der Waals surface area contributed by atoms with Crippen molar-refractivity contribution in [2.45, 2.75) is 52.5 Å². The fourth-order valence-corrected chi connectivity index (χ4v) is 3.06. The topological polar surface area (TPSA) is 29.3 Å². The lowest BCUT2D eigenvalue weighted by Crippen LogP contribution is -2.27. The zero-order valence-electron chi connectivity index (χ0n) is 13.3. The van der Waals surface area contributed by atoms with E-state index in [0.29, 0.717) is 25.1 Å². The lowest BCUT2D eigenvalue weighted by atomic mass is 9.85. The van der Waals surface area contributed by atoms with Crippen molar-refractivity contribution in [1.29, 1.82) is 0 Å². The predicted octanol–water partition coefficient (Wildman–Crippen LogP) is 3.87. The molecule has 118 valence electrons. The Morgan fingerprint density at radius 3 is 2.38 bits per heavy atom. The fourth-order valence-electron chi connectivity index (χ4n) is 3.06. The summed E-state index contributed by atoms with van der Waals surface area (Å²) < 4.78 is 28.7. The van der Waals surface area contributed by atoms with Gasteiger partial charge >= 0.3 is 0 Å². The maximum atomic E-state index is 14.3. The molecule has 1 fully saturated rings. The molecule has 1 unspecified atom stereocenters. The van der Waals surface area contributed by atoms with Gasteiger partial charge in [0, 0.05) is 19.1 Å². The van der Waals surface area contributed by atoms with Gasteiger partial charge in [0.1, 0.15) is 17.3 Å². The highest BCUT2D eigenvalue weighted by molar-refractivity contribution is 5.51. The second-order valence-electron chi connectivity index (χ2n) is 7.09. The van der Waals surface area contributed by atoms with Gasteiger partial charge < -0.3 is 10.6 Å². The van der Waals surface area contributed by atoms with Crippen molar-refractivity contribution >= 4 is 5.69 Å². The van der Waals surface area contributed by atoms with Gasteiger partial charge in [0.25, 0.3) is 0 Å². The van der Waals surface area contributed by atoms with E-state index in [4.69, 9.17) is 5.73 Å². The van der Waals surface area contributed by atoms with E-state index in [9.17, 15) is 8.78 Å². The number of benzene rings is 1. The number of hydrogen-bond donors (Lipinski definition) is 1. The minimum atomic E-state index is -0.467. The summed E-state index contributed by atoms with van der Waals surface area (Å²) in [5.41, 5.74) is 6.70. The number of rotatable bonds is 3. The molecule has 1 aromatic rings. The van der Waals surface area contributed by atoms with Gasteiger partial charge in [-0.25, -0.2) is 8.78 Å². The highest BCUT2D eigenvalue weighted by Gasteiger charge is 2.26. The third kappa shape index (κ3) is 4.16. The Balaban J connectivity index is 2.23. The van der Waals surface area contributed by atoms with Crippen LogP contribution < -0.4 is 10.6 Å². The minimum absolute atomic E-state index is 0.103. The van der Waals surface area contributed by atoms with Crippen LogP contribution in [0.4, 0.5) is 14.5 Å². The third-order valence-corrected chi connectivity index (χ3v) is 4.29. The molecule has 0 aliphatic carbocycles. The van der Waals surface area contributed by atoms with Crippen molar-refractivity contribution in [1.82, 2.24) is 0 Å². The zero-order chi connectivity index (χ0) is 15.6. The molecule has 1 heterocycles. The van der Waals surface area contributed by atoms with Gasteiger partial charge in [-0.15, -0.1) is 0 Å². The quantitative estimate of drug-likeness (QED) is 0.917. The first kappa shape index (κ1) is 16.2. The van der Waals surface area contributed by atoms with Crippen molar-refractivity contribution in [3.63, 3.8) is 0 Å². The maximum absolute atomic E-state index is 14.3. The molecule has 0 aromatic heterocycles. The van der Waals surface area contributed by atoms with Crippen LogP contribution in [0.1, 0.15) is 45.6 Å². The Morgan fingerprint density at radius 2 is 1.81 bits per heavy atom. The van der Waals surface area contributed by atoms with Crippen LogP contribution in [0.5, 0.6) is 0 Å². The summed E-state index contributed by atoms with van der Waals surface area (Å²) in [5.74, 6) is -0.935. The number of hydrogen-bond acceptors (Lipinski definition) is 2. The van der Waals surface area contributed by atoms with Crippen LogP contribution in [-0.2, 0) is 6.42 Å². The fraction of sp³-hybridized carbons (Fsp3) is 0.647. The largest absolute Gasteiger partial charge is 0.367 e. The molecule has 0 spiro atoms. The molecular formula is C17H26F2N2. The summed E-state index contributed by atoms with van der Waals surface area (Å²) in [6.45, 7) is 7.68. The first-order valence-electron chi connectivity index (χ1n) is 7.77. The standard InChI is InChI=1S/C17H26F2N2/c1-12(20)9-13-10-14(18)16(15(19)11-13)21-7-4-5-17(2,3)6-8-21/h10-12H,4-9,20H2,1-3H3. The molecule has 1 aliphatic heterocycles. The minimum Gasteiger partial charge on any atom is -0.367 e. The molecule has 2 rings (SSSR count). The molecule has 0 amide bonds. The van der Waals surface area contributed by atoms with Crippen LogP contribution in [-0.4, -0.2) is 19.1 Å². The van der Waals surface area contributed by atoms with Gasteiger partial charge in [0.05, 0.1) is 0 Å². The van der Waals surface area contributed by atoms with E-state index in [1.807, 2.05) is 11.8 Å². The molecule has 0 bridgehead atoms. The predicted molar refractivity (Wildman–Crippen MR) is 83.6 cm³/mol. The van der Waals surface area contributed by atoms with Crippen LogP contribution in [0.25, 0.3) is 0 Å². The molecule has 2 N–H and O–H groups in total. The zero-order valence-corrected chi connectivity index (χ0v) is 13.3. The first-order valence-corrected chi connectivity index (χ1v) is 7.77. The number of nitrogens with two attached hydrogens (primary N) is 1.